The van der Waals surface area contributed by atoms with E-state index >= 15 is 0 Å². The molecule has 1 unspecified atom stereocenters. The minimum atomic E-state index is -0.864. The number of fused-ring (bicyclic) bond motifs is 1. The standard InChI is InChI=1S/C16H20N2O3/c19-15(14-7-3-4-8-17-14)18-9-11-5-1-2-6-12(11)13(10-18)16(20)21/h1-2,5-6,13-14,17H,3-4,7-10H2,(H,20,21)/t13?,14-/m1/s1. The van der Waals surface area contributed by atoms with Gasteiger partial charge in [-0.15, -0.1) is 0 Å². The molecule has 2 atom stereocenters. The molecule has 1 aromatic rings. The molecule has 1 saturated heterocycles. The van der Waals surface area contributed by atoms with E-state index in [4.69, 9.17) is 0 Å². The molecule has 0 spiro atoms. The monoisotopic (exact) mass is 288 g/mol. The molecule has 112 valence electrons. The summed E-state index contributed by atoms with van der Waals surface area (Å²) < 4.78 is 0. The van der Waals surface area contributed by atoms with Crippen LogP contribution in [0, 0.1) is 0 Å². The second-order valence-electron chi connectivity index (χ2n) is 5.81. The molecular weight excluding hydrogens is 268 g/mol. The van der Waals surface area contributed by atoms with Gasteiger partial charge in [0.05, 0.1) is 12.0 Å². The highest BCUT2D eigenvalue weighted by Gasteiger charge is 2.35. The maximum atomic E-state index is 12.6. The number of carboxylic acids is 1. The largest absolute Gasteiger partial charge is 0.481 e. The third-order valence-corrected chi connectivity index (χ3v) is 4.41. The zero-order valence-corrected chi connectivity index (χ0v) is 11.9. The number of carbonyl (C=O) groups excluding carboxylic acids is 1. The van der Waals surface area contributed by atoms with Crippen LogP contribution in [-0.4, -0.2) is 41.0 Å². The second kappa shape index (κ2) is 5.85. The Morgan fingerprint density at radius 3 is 2.76 bits per heavy atom. The summed E-state index contributed by atoms with van der Waals surface area (Å²) in [4.78, 5) is 25.8. The Kier molecular flexibility index (Phi) is 3.92. The lowest BCUT2D eigenvalue weighted by Gasteiger charge is -2.36. The molecule has 0 bridgehead atoms. The quantitative estimate of drug-likeness (QED) is 0.861. The van der Waals surface area contributed by atoms with E-state index in [0.29, 0.717) is 6.54 Å². The molecule has 2 heterocycles. The van der Waals surface area contributed by atoms with E-state index in [2.05, 4.69) is 5.32 Å². The molecule has 1 amide bonds. The first-order chi connectivity index (χ1) is 10.2. The Hall–Kier alpha value is -1.88. The molecule has 0 saturated carbocycles. The van der Waals surface area contributed by atoms with Gasteiger partial charge in [0.1, 0.15) is 0 Å². The highest BCUT2D eigenvalue weighted by atomic mass is 16.4. The lowest BCUT2D eigenvalue weighted by molar-refractivity contribution is -0.142. The Morgan fingerprint density at radius 1 is 1.24 bits per heavy atom. The van der Waals surface area contributed by atoms with Gasteiger partial charge in [0.2, 0.25) is 5.91 Å². The lowest BCUT2D eigenvalue weighted by Crippen LogP contribution is -2.51. The first-order valence-corrected chi connectivity index (χ1v) is 7.49. The summed E-state index contributed by atoms with van der Waals surface area (Å²) in [6, 6.07) is 7.37. The first-order valence-electron chi connectivity index (χ1n) is 7.49. The SMILES string of the molecule is O=C(O)C1CN(C(=O)[C@H]2CCCCN2)Cc2ccccc21. The summed E-state index contributed by atoms with van der Waals surface area (Å²) in [7, 11) is 0. The van der Waals surface area contributed by atoms with Crippen LogP contribution in [-0.2, 0) is 16.1 Å². The second-order valence-corrected chi connectivity index (χ2v) is 5.81. The van der Waals surface area contributed by atoms with Crippen molar-refractivity contribution in [2.45, 2.75) is 37.8 Å². The zero-order chi connectivity index (χ0) is 14.8. The van der Waals surface area contributed by atoms with Gasteiger partial charge in [-0.25, -0.2) is 0 Å². The van der Waals surface area contributed by atoms with Gasteiger partial charge in [-0.1, -0.05) is 30.7 Å². The number of aliphatic carboxylic acids is 1. The Bertz CT molecular complexity index is 552. The van der Waals surface area contributed by atoms with Gasteiger partial charge in [0.25, 0.3) is 0 Å². The third-order valence-electron chi connectivity index (χ3n) is 4.41. The lowest BCUT2D eigenvalue weighted by atomic mass is 9.89. The van der Waals surface area contributed by atoms with Gasteiger partial charge >= 0.3 is 5.97 Å². The number of rotatable bonds is 2. The highest BCUT2D eigenvalue weighted by Crippen LogP contribution is 2.29. The summed E-state index contributed by atoms with van der Waals surface area (Å²) >= 11 is 0. The number of hydrogen-bond donors (Lipinski definition) is 2. The fraction of sp³-hybridized carbons (Fsp3) is 0.500. The molecule has 1 fully saturated rings. The van der Waals surface area contributed by atoms with Crippen molar-refractivity contribution in [3.8, 4) is 0 Å². The molecule has 0 aromatic heterocycles. The van der Waals surface area contributed by atoms with E-state index in [0.717, 1.165) is 36.9 Å². The number of amides is 1. The molecule has 0 radical (unpaired) electrons. The molecule has 1 aromatic carbocycles. The van der Waals surface area contributed by atoms with E-state index in [1.807, 2.05) is 24.3 Å². The van der Waals surface area contributed by atoms with Crippen LogP contribution in [0.5, 0.6) is 0 Å². The smallest absolute Gasteiger partial charge is 0.312 e. The van der Waals surface area contributed by atoms with Crippen molar-refractivity contribution < 1.29 is 14.7 Å². The first kappa shape index (κ1) is 14.1. The fourth-order valence-corrected chi connectivity index (χ4v) is 3.27. The number of benzene rings is 1. The van der Waals surface area contributed by atoms with Gasteiger partial charge < -0.3 is 15.3 Å². The van der Waals surface area contributed by atoms with Crippen molar-refractivity contribution in [2.75, 3.05) is 13.1 Å². The molecular formula is C16H20N2O3. The van der Waals surface area contributed by atoms with Crippen LogP contribution in [0.3, 0.4) is 0 Å². The van der Waals surface area contributed by atoms with Gasteiger partial charge in [-0.3, -0.25) is 9.59 Å². The van der Waals surface area contributed by atoms with Gasteiger partial charge in [-0.05, 0) is 30.5 Å². The summed E-state index contributed by atoms with van der Waals surface area (Å²) in [6.07, 6.45) is 3.00. The summed E-state index contributed by atoms with van der Waals surface area (Å²) in [6.45, 7) is 1.64. The van der Waals surface area contributed by atoms with Crippen LogP contribution in [0.25, 0.3) is 0 Å². The van der Waals surface area contributed by atoms with E-state index < -0.39 is 11.9 Å². The molecule has 2 aliphatic heterocycles. The van der Waals surface area contributed by atoms with Crippen LogP contribution < -0.4 is 5.32 Å². The Balaban J connectivity index is 1.82. The van der Waals surface area contributed by atoms with Crippen molar-refractivity contribution in [3.05, 3.63) is 35.4 Å². The van der Waals surface area contributed by atoms with Crippen LogP contribution in [0.2, 0.25) is 0 Å². The number of hydrogen-bond acceptors (Lipinski definition) is 3. The molecule has 2 aliphatic rings. The van der Waals surface area contributed by atoms with Crippen molar-refractivity contribution in [1.29, 1.82) is 0 Å². The molecule has 3 rings (SSSR count). The van der Waals surface area contributed by atoms with Crippen molar-refractivity contribution >= 4 is 11.9 Å². The number of nitrogens with zero attached hydrogens (tertiary/aromatic N) is 1. The third kappa shape index (κ3) is 2.78. The average molecular weight is 288 g/mol. The van der Waals surface area contributed by atoms with Gasteiger partial charge in [0, 0.05) is 13.1 Å². The van der Waals surface area contributed by atoms with Crippen LogP contribution >= 0.6 is 0 Å². The summed E-state index contributed by atoms with van der Waals surface area (Å²) in [5, 5.41) is 12.7. The number of piperidine rings is 1. The van der Waals surface area contributed by atoms with Crippen LogP contribution in [0.15, 0.2) is 24.3 Å². The van der Waals surface area contributed by atoms with E-state index in [1.165, 1.54) is 0 Å². The highest BCUT2D eigenvalue weighted by molar-refractivity contribution is 5.84. The van der Waals surface area contributed by atoms with Crippen molar-refractivity contribution in [2.24, 2.45) is 0 Å². The van der Waals surface area contributed by atoms with E-state index in [9.17, 15) is 14.7 Å². The summed E-state index contributed by atoms with van der Waals surface area (Å²) in [5.41, 5.74) is 1.78. The van der Waals surface area contributed by atoms with Crippen molar-refractivity contribution in [3.63, 3.8) is 0 Å². The minimum absolute atomic E-state index is 0.0375. The average Bonchev–Trinajstić information content (AvgIpc) is 2.53. The Labute approximate surface area is 123 Å². The predicted molar refractivity (Wildman–Crippen MR) is 77.9 cm³/mol. The number of nitrogens with one attached hydrogen (secondary N) is 1. The fourth-order valence-electron chi connectivity index (χ4n) is 3.27. The van der Waals surface area contributed by atoms with Crippen LogP contribution in [0.4, 0.5) is 0 Å². The molecule has 2 N–H and O–H groups in total. The van der Waals surface area contributed by atoms with E-state index in [-0.39, 0.29) is 18.5 Å². The van der Waals surface area contributed by atoms with Crippen molar-refractivity contribution in [1.82, 2.24) is 10.2 Å². The van der Waals surface area contributed by atoms with Gasteiger partial charge in [-0.2, -0.15) is 0 Å². The molecule has 5 nitrogen and oxygen atoms in total. The maximum Gasteiger partial charge on any atom is 0.312 e. The topological polar surface area (TPSA) is 69.6 Å². The van der Waals surface area contributed by atoms with Gasteiger partial charge in [0.15, 0.2) is 0 Å². The maximum absolute atomic E-state index is 12.6. The normalized spacial score (nSPS) is 25.2. The van der Waals surface area contributed by atoms with Crippen LogP contribution in [0.1, 0.15) is 36.3 Å². The number of carboxylic acid groups (broad SMARTS) is 1. The molecule has 5 heteroatoms. The number of carbonyl (C=O) groups is 2. The summed E-state index contributed by atoms with van der Waals surface area (Å²) in [5.74, 6) is -1.45. The molecule has 21 heavy (non-hydrogen) atoms. The predicted octanol–water partition coefficient (Wildman–Crippen LogP) is 1.34. The minimum Gasteiger partial charge on any atom is -0.481 e. The Morgan fingerprint density at radius 2 is 2.05 bits per heavy atom. The molecule has 0 aliphatic carbocycles. The zero-order valence-electron chi connectivity index (χ0n) is 11.9. The van der Waals surface area contributed by atoms with E-state index in [1.54, 1.807) is 4.90 Å².